The number of rotatable bonds is 5. The van der Waals surface area contributed by atoms with Gasteiger partial charge in [0.2, 0.25) is 0 Å². The molecule has 0 spiro atoms. The summed E-state index contributed by atoms with van der Waals surface area (Å²) in [7, 11) is 0. The topological polar surface area (TPSA) is 96.6 Å². The van der Waals surface area contributed by atoms with Gasteiger partial charge in [0.25, 0.3) is 5.91 Å². The van der Waals surface area contributed by atoms with Gasteiger partial charge in [0, 0.05) is 23.7 Å². The maximum atomic E-state index is 13.5. The molecule has 184 valence electrons. The van der Waals surface area contributed by atoms with E-state index in [2.05, 4.69) is 15.4 Å². The Kier molecular flexibility index (Phi) is 6.46. The number of pyridine rings is 1. The Morgan fingerprint density at radius 3 is 2.38 bits per heavy atom. The minimum atomic E-state index is -6.66. The van der Waals surface area contributed by atoms with E-state index in [-0.39, 0.29) is 40.6 Å². The number of hydrazone groups is 1. The van der Waals surface area contributed by atoms with Crippen LogP contribution in [0.1, 0.15) is 45.8 Å². The van der Waals surface area contributed by atoms with Crippen molar-refractivity contribution >= 4 is 23.3 Å². The van der Waals surface area contributed by atoms with Gasteiger partial charge in [0.05, 0.1) is 5.71 Å². The second-order valence-electron chi connectivity index (χ2n) is 7.53. The van der Waals surface area contributed by atoms with Crippen LogP contribution in [0.3, 0.4) is 0 Å². The van der Waals surface area contributed by atoms with Crippen LogP contribution < -0.4 is 10.7 Å². The van der Waals surface area contributed by atoms with Crippen LogP contribution in [0.15, 0.2) is 27.8 Å². The first-order chi connectivity index (χ1) is 15.7. The maximum Gasteiger partial charge on any atom is 0.460 e. The average Bonchev–Trinajstić information content (AvgIpc) is 3.08. The van der Waals surface area contributed by atoms with E-state index in [0.717, 1.165) is 11.0 Å². The molecule has 2 N–H and O–H groups in total. The van der Waals surface area contributed by atoms with Crippen LogP contribution >= 0.6 is 0 Å². The Morgan fingerprint density at radius 1 is 1.09 bits per heavy atom. The number of carbonyl (C=O) groups excluding carboxylic acids is 2. The first-order valence-electron chi connectivity index (χ1n) is 9.72. The van der Waals surface area contributed by atoms with E-state index < -0.39 is 29.8 Å². The molecule has 7 nitrogen and oxygen atoms in total. The number of nitrogens with zero attached hydrogens (tertiary/aromatic N) is 2. The summed E-state index contributed by atoms with van der Waals surface area (Å²) in [6.45, 7) is 3.22. The molecule has 14 heteroatoms. The van der Waals surface area contributed by atoms with Gasteiger partial charge < -0.3 is 9.73 Å². The van der Waals surface area contributed by atoms with Crippen molar-refractivity contribution in [2.45, 2.75) is 51.1 Å². The van der Waals surface area contributed by atoms with Gasteiger partial charge in [0.15, 0.2) is 5.76 Å². The molecule has 2 aromatic rings. The van der Waals surface area contributed by atoms with Gasteiger partial charge in [-0.15, -0.1) is 0 Å². The molecule has 1 aliphatic rings. The van der Waals surface area contributed by atoms with Crippen LogP contribution in [0.2, 0.25) is 0 Å². The van der Waals surface area contributed by atoms with Crippen LogP contribution in [0.5, 0.6) is 0 Å². The lowest BCUT2D eigenvalue weighted by Gasteiger charge is -2.26. The summed E-state index contributed by atoms with van der Waals surface area (Å²) in [5.41, 5.74) is 2.17. The van der Waals surface area contributed by atoms with E-state index in [1.165, 1.54) is 13.1 Å². The summed E-state index contributed by atoms with van der Waals surface area (Å²) in [4.78, 5) is 28.1. The van der Waals surface area contributed by atoms with Gasteiger partial charge >= 0.3 is 23.9 Å². The summed E-state index contributed by atoms with van der Waals surface area (Å²) in [6, 6.07) is 3.30. The van der Waals surface area contributed by atoms with Gasteiger partial charge in [-0.05, 0) is 44.4 Å². The number of furan rings is 1. The lowest BCUT2D eigenvalue weighted by molar-refractivity contribution is -0.344. The van der Waals surface area contributed by atoms with E-state index in [1.807, 2.05) is 0 Å². The minimum absolute atomic E-state index is 0.0510. The van der Waals surface area contributed by atoms with Crippen molar-refractivity contribution in [3.8, 4) is 0 Å². The molecule has 0 saturated heterocycles. The number of anilines is 1. The third-order valence-electron chi connectivity index (χ3n) is 5.02. The van der Waals surface area contributed by atoms with Gasteiger partial charge in [0.1, 0.15) is 11.6 Å². The van der Waals surface area contributed by atoms with Gasteiger partial charge in [-0.25, -0.2) is 10.4 Å². The van der Waals surface area contributed by atoms with Crippen LogP contribution in [0, 0.1) is 13.8 Å². The van der Waals surface area contributed by atoms with Crippen LogP contribution in [0.25, 0.3) is 0 Å². The lowest BCUT2D eigenvalue weighted by Crippen LogP contribution is -2.58. The molecule has 0 radical (unpaired) electrons. The number of fused-ring (bicyclic) bond motifs is 1. The standard InChI is InChI=1S/C20H17F7N4O3/c1-9-6-7-28-13(8-9)29-16(32)15-10(2)14-11(4-3-5-12(14)34-15)30-31-17(33)18(21,22)19(23,24)20(25,26)27/h6-8H,3-5H2,1-2H3,(H,31,33)(H,28,29,32)/b30-11+. The average molecular weight is 494 g/mol. The summed E-state index contributed by atoms with van der Waals surface area (Å²) >= 11 is 0. The zero-order chi connectivity index (χ0) is 25.5. The van der Waals surface area contributed by atoms with Crippen molar-refractivity contribution in [3.05, 3.63) is 46.5 Å². The van der Waals surface area contributed by atoms with Crippen molar-refractivity contribution in [3.63, 3.8) is 0 Å². The van der Waals surface area contributed by atoms with Crippen molar-refractivity contribution in [1.29, 1.82) is 0 Å². The molecule has 0 bridgehead atoms. The summed E-state index contributed by atoms with van der Waals surface area (Å²) in [5, 5.41) is 5.87. The predicted molar refractivity (Wildman–Crippen MR) is 104 cm³/mol. The zero-order valence-electron chi connectivity index (χ0n) is 17.6. The Balaban J connectivity index is 1.85. The van der Waals surface area contributed by atoms with Gasteiger partial charge in [-0.3, -0.25) is 9.59 Å². The number of amides is 2. The molecule has 0 aliphatic heterocycles. The number of alkyl halides is 7. The fourth-order valence-corrected chi connectivity index (χ4v) is 3.28. The molecular weight excluding hydrogens is 477 g/mol. The Bertz CT molecular complexity index is 1160. The number of aryl methyl sites for hydroxylation is 2. The molecule has 3 rings (SSSR count). The fourth-order valence-electron chi connectivity index (χ4n) is 3.28. The number of hydrogen-bond donors (Lipinski definition) is 2. The van der Waals surface area contributed by atoms with E-state index >= 15 is 0 Å². The van der Waals surface area contributed by atoms with Crippen molar-refractivity contribution in [1.82, 2.24) is 10.4 Å². The van der Waals surface area contributed by atoms with Crippen LogP contribution in [-0.4, -0.2) is 40.5 Å². The highest BCUT2D eigenvalue weighted by Gasteiger charge is 2.76. The Labute approximate surface area is 187 Å². The molecule has 1 aliphatic carbocycles. The number of aromatic nitrogens is 1. The SMILES string of the molecule is Cc1ccnc(NC(=O)c2oc3c(c2C)/C(=N/NC(=O)C(F)(F)C(F)(F)C(F)(F)F)CCC3)c1. The number of nitrogens with one attached hydrogen (secondary N) is 2. The van der Waals surface area contributed by atoms with Gasteiger partial charge in [-0.2, -0.15) is 35.8 Å². The smallest absolute Gasteiger partial charge is 0.455 e. The molecule has 34 heavy (non-hydrogen) atoms. The Hall–Kier alpha value is -3.45. The summed E-state index contributed by atoms with van der Waals surface area (Å²) in [5.74, 6) is -16.1. The summed E-state index contributed by atoms with van der Waals surface area (Å²) in [6.07, 6.45) is -4.51. The third kappa shape index (κ3) is 4.48. The molecular formula is C20H17F7N4O3. The fraction of sp³-hybridized carbons (Fsp3) is 0.400. The normalized spacial score (nSPS) is 15.7. The van der Waals surface area contributed by atoms with Crippen molar-refractivity contribution in [2.24, 2.45) is 5.10 Å². The van der Waals surface area contributed by atoms with Crippen LogP contribution in [0.4, 0.5) is 36.6 Å². The van der Waals surface area contributed by atoms with Crippen molar-refractivity contribution < 1.29 is 44.7 Å². The summed E-state index contributed by atoms with van der Waals surface area (Å²) < 4.78 is 95.6. The third-order valence-corrected chi connectivity index (χ3v) is 5.02. The first kappa shape index (κ1) is 25.2. The predicted octanol–water partition coefficient (Wildman–Crippen LogP) is 4.53. The molecule has 2 amide bonds. The van der Waals surface area contributed by atoms with E-state index in [1.54, 1.807) is 19.1 Å². The lowest BCUT2D eigenvalue weighted by atomic mass is 9.93. The molecule has 0 atom stereocenters. The van der Waals surface area contributed by atoms with E-state index in [0.29, 0.717) is 12.8 Å². The first-order valence-corrected chi connectivity index (χ1v) is 9.72. The second kappa shape index (κ2) is 8.72. The minimum Gasteiger partial charge on any atom is -0.455 e. The number of hydrogen-bond acceptors (Lipinski definition) is 5. The second-order valence-corrected chi connectivity index (χ2v) is 7.53. The highest BCUT2D eigenvalue weighted by atomic mass is 19.4. The maximum absolute atomic E-state index is 13.5. The van der Waals surface area contributed by atoms with Crippen LogP contribution in [-0.2, 0) is 11.2 Å². The van der Waals surface area contributed by atoms with E-state index in [4.69, 9.17) is 4.42 Å². The molecule has 0 aromatic carbocycles. The molecule has 0 fully saturated rings. The molecule has 2 heterocycles. The number of halogens is 7. The molecule has 0 unspecified atom stereocenters. The zero-order valence-corrected chi connectivity index (χ0v) is 17.6. The highest BCUT2D eigenvalue weighted by molar-refractivity contribution is 6.09. The van der Waals surface area contributed by atoms with Gasteiger partial charge in [-0.1, -0.05) is 0 Å². The quantitative estimate of drug-likeness (QED) is 0.472. The molecule has 0 saturated carbocycles. The largest absolute Gasteiger partial charge is 0.460 e. The molecule has 2 aromatic heterocycles. The monoisotopic (exact) mass is 494 g/mol. The highest BCUT2D eigenvalue weighted by Crippen LogP contribution is 2.46. The van der Waals surface area contributed by atoms with E-state index in [9.17, 15) is 40.3 Å². The number of carbonyl (C=O) groups is 2. The Morgan fingerprint density at radius 2 is 1.76 bits per heavy atom. The van der Waals surface area contributed by atoms with Crippen molar-refractivity contribution in [2.75, 3.05) is 5.32 Å².